The molecule has 0 heterocycles. The minimum Gasteiger partial charge on any atom is -0.388 e. The van der Waals surface area contributed by atoms with E-state index in [1.165, 1.54) is 12.1 Å². The van der Waals surface area contributed by atoms with Crippen LogP contribution >= 0.6 is 0 Å². The van der Waals surface area contributed by atoms with Gasteiger partial charge in [-0.1, -0.05) is 18.2 Å². The van der Waals surface area contributed by atoms with Crippen molar-refractivity contribution < 1.29 is 27.1 Å². The van der Waals surface area contributed by atoms with Gasteiger partial charge in [0.25, 0.3) is 0 Å². The largest absolute Gasteiger partial charge is 0.388 e. The normalized spacial score (nSPS) is 12.5. The molecule has 20 heavy (non-hydrogen) atoms. The summed E-state index contributed by atoms with van der Waals surface area (Å²) in [6.45, 7) is 0. The molecule has 0 aromatic heterocycles. The molecule has 2 aromatic rings. The second-order valence-electron chi connectivity index (χ2n) is 4.20. The molecule has 0 saturated carbocycles. The Hall–Kier alpha value is -1.95. The van der Waals surface area contributed by atoms with Crippen molar-refractivity contribution in [3.8, 4) is 0 Å². The highest BCUT2D eigenvalue weighted by atomic mass is 19.2. The van der Waals surface area contributed by atoms with Gasteiger partial charge in [0, 0.05) is 12.0 Å². The Morgan fingerprint density at radius 1 is 0.800 bits per heavy atom. The molecule has 1 nitrogen and oxygen atoms in total. The molecule has 0 fully saturated rings. The molecule has 6 heteroatoms. The maximum Gasteiger partial charge on any atom is 0.194 e. The third-order valence-electron chi connectivity index (χ3n) is 2.87. The molecule has 0 amide bonds. The van der Waals surface area contributed by atoms with Gasteiger partial charge in [-0.15, -0.1) is 0 Å². The topological polar surface area (TPSA) is 20.2 Å². The zero-order chi connectivity index (χ0) is 14.9. The van der Waals surface area contributed by atoms with Crippen molar-refractivity contribution in [2.24, 2.45) is 0 Å². The van der Waals surface area contributed by atoms with Gasteiger partial charge in [-0.25, -0.2) is 22.0 Å². The van der Waals surface area contributed by atoms with E-state index in [9.17, 15) is 27.1 Å². The van der Waals surface area contributed by atoms with E-state index in [1.807, 2.05) is 0 Å². The number of aliphatic hydroxyl groups is 1. The van der Waals surface area contributed by atoms with Crippen LogP contribution in [-0.4, -0.2) is 5.11 Å². The maximum absolute atomic E-state index is 13.5. The van der Waals surface area contributed by atoms with E-state index in [-0.39, 0.29) is 5.56 Å². The minimum absolute atomic E-state index is 0.193. The Morgan fingerprint density at radius 3 is 2.15 bits per heavy atom. The summed E-state index contributed by atoms with van der Waals surface area (Å²) in [6, 6.07) is 4.83. The van der Waals surface area contributed by atoms with E-state index in [4.69, 9.17) is 0 Å². The fourth-order valence-electron chi connectivity index (χ4n) is 1.82. The Labute approximate surface area is 111 Å². The van der Waals surface area contributed by atoms with Crippen LogP contribution in [0.4, 0.5) is 22.0 Å². The van der Waals surface area contributed by atoms with Crippen molar-refractivity contribution in [1.29, 1.82) is 0 Å². The number of benzene rings is 2. The zero-order valence-corrected chi connectivity index (χ0v) is 10.0. The lowest BCUT2D eigenvalue weighted by atomic mass is 10.00. The lowest BCUT2D eigenvalue weighted by Crippen LogP contribution is -2.08. The van der Waals surface area contributed by atoms with Crippen molar-refractivity contribution >= 4 is 0 Å². The lowest BCUT2D eigenvalue weighted by molar-refractivity contribution is 0.170. The van der Waals surface area contributed by atoms with Crippen LogP contribution in [0, 0.1) is 29.1 Å². The number of aliphatic hydroxyl groups excluding tert-OH is 1. The van der Waals surface area contributed by atoms with E-state index >= 15 is 0 Å². The molecule has 1 atom stereocenters. The molecule has 1 unspecified atom stereocenters. The number of hydrogen-bond acceptors (Lipinski definition) is 1. The van der Waals surface area contributed by atoms with E-state index in [1.54, 1.807) is 0 Å². The summed E-state index contributed by atoms with van der Waals surface area (Å²) < 4.78 is 65.6. The van der Waals surface area contributed by atoms with Crippen LogP contribution in [0.25, 0.3) is 0 Å². The Balaban J connectivity index is 2.31. The average Bonchev–Trinajstić information content (AvgIpc) is 2.41. The summed E-state index contributed by atoms with van der Waals surface area (Å²) in [6.07, 6.45) is -2.09. The second-order valence-corrected chi connectivity index (χ2v) is 4.20. The van der Waals surface area contributed by atoms with Gasteiger partial charge in [-0.3, -0.25) is 0 Å². The van der Waals surface area contributed by atoms with E-state index in [0.717, 1.165) is 12.1 Å². The lowest BCUT2D eigenvalue weighted by Gasteiger charge is -2.13. The number of rotatable bonds is 3. The van der Waals surface area contributed by atoms with Crippen molar-refractivity contribution in [2.45, 2.75) is 12.5 Å². The fraction of sp³-hybridized carbons (Fsp3) is 0.143. The van der Waals surface area contributed by atoms with Crippen LogP contribution in [-0.2, 0) is 6.42 Å². The van der Waals surface area contributed by atoms with E-state index in [0.29, 0.717) is 6.07 Å². The highest BCUT2D eigenvalue weighted by Gasteiger charge is 2.21. The molecule has 0 aliphatic heterocycles. The van der Waals surface area contributed by atoms with Gasteiger partial charge in [-0.2, -0.15) is 0 Å². The van der Waals surface area contributed by atoms with Gasteiger partial charge < -0.3 is 5.11 Å². The molecule has 0 saturated heterocycles. The number of halogens is 5. The van der Waals surface area contributed by atoms with Gasteiger partial charge in [0.1, 0.15) is 0 Å². The molecular weight excluding hydrogens is 279 g/mol. The smallest absolute Gasteiger partial charge is 0.194 e. The zero-order valence-electron chi connectivity index (χ0n) is 10.0. The van der Waals surface area contributed by atoms with Crippen molar-refractivity contribution in [2.75, 3.05) is 0 Å². The third-order valence-corrected chi connectivity index (χ3v) is 2.87. The van der Waals surface area contributed by atoms with Gasteiger partial charge in [0.15, 0.2) is 29.1 Å². The van der Waals surface area contributed by atoms with Gasteiger partial charge >= 0.3 is 0 Å². The van der Waals surface area contributed by atoms with E-state index < -0.39 is 47.2 Å². The minimum atomic E-state index is -1.72. The van der Waals surface area contributed by atoms with Crippen LogP contribution in [0.5, 0.6) is 0 Å². The molecule has 0 aliphatic rings. The molecule has 1 N–H and O–H groups in total. The summed E-state index contributed by atoms with van der Waals surface area (Å²) in [4.78, 5) is 0. The molecular formula is C14H9F5O. The Kier molecular flexibility index (Phi) is 4.04. The summed E-state index contributed by atoms with van der Waals surface area (Å²) >= 11 is 0. The third kappa shape index (κ3) is 2.65. The highest BCUT2D eigenvalue weighted by Crippen LogP contribution is 2.25. The van der Waals surface area contributed by atoms with Crippen LogP contribution < -0.4 is 0 Å². The number of hydrogen-bond donors (Lipinski definition) is 1. The van der Waals surface area contributed by atoms with Crippen LogP contribution in [0.2, 0.25) is 0 Å². The SMILES string of the molecule is OC(Cc1cccc(F)c1F)c1ccc(F)c(F)c1F. The second kappa shape index (κ2) is 5.58. The molecule has 0 aliphatic carbocycles. The summed E-state index contributed by atoms with van der Waals surface area (Å²) in [5.74, 6) is -6.94. The first-order chi connectivity index (χ1) is 9.41. The van der Waals surface area contributed by atoms with Crippen LogP contribution in [0.3, 0.4) is 0 Å². The molecule has 106 valence electrons. The first-order valence-corrected chi connectivity index (χ1v) is 5.66. The van der Waals surface area contributed by atoms with Crippen molar-refractivity contribution in [1.82, 2.24) is 0 Å². The monoisotopic (exact) mass is 288 g/mol. The highest BCUT2D eigenvalue weighted by molar-refractivity contribution is 5.26. The van der Waals surface area contributed by atoms with E-state index in [2.05, 4.69) is 0 Å². The quantitative estimate of drug-likeness (QED) is 0.675. The van der Waals surface area contributed by atoms with Crippen LogP contribution in [0.1, 0.15) is 17.2 Å². The van der Waals surface area contributed by atoms with Crippen LogP contribution in [0.15, 0.2) is 30.3 Å². The fourth-order valence-corrected chi connectivity index (χ4v) is 1.82. The van der Waals surface area contributed by atoms with Gasteiger partial charge in [-0.05, 0) is 17.7 Å². The standard InChI is InChI=1S/C14H9F5O/c15-9-3-1-2-7(12(9)17)6-11(20)8-4-5-10(16)14(19)13(8)18/h1-5,11,20H,6H2. The van der Waals surface area contributed by atoms with Crippen molar-refractivity contribution in [3.63, 3.8) is 0 Å². The van der Waals surface area contributed by atoms with Crippen molar-refractivity contribution in [3.05, 3.63) is 70.5 Å². The molecule has 0 bridgehead atoms. The Bertz CT molecular complexity index is 642. The molecule has 0 spiro atoms. The first-order valence-electron chi connectivity index (χ1n) is 5.66. The predicted octanol–water partition coefficient (Wildman–Crippen LogP) is 3.66. The van der Waals surface area contributed by atoms with Gasteiger partial charge in [0.05, 0.1) is 6.10 Å². The molecule has 2 rings (SSSR count). The maximum atomic E-state index is 13.5. The molecule has 2 aromatic carbocycles. The summed E-state index contributed by atoms with van der Waals surface area (Å²) in [7, 11) is 0. The molecule has 0 radical (unpaired) electrons. The van der Waals surface area contributed by atoms with Gasteiger partial charge in [0.2, 0.25) is 0 Å². The summed E-state index contributed by atoms with van der Waals surface area (Å²) in [5.41, 5.74) is -0.714. The first kappa shape index (κ1) is 14.5. The predicted molar refractivity (Wildman–Crippen MR) is 61.3 cm³/mol. The summed E-state index contributed by atoms with van der Waals surface area (Å²) in [5, 5.41) is 9.77. The average molecular weight is 288 g/mol. The Morgan fingerprint density at radius 2 is 1.45 bits per heavy atom.